The van der Waals surface area contributed by atoms with Crippen LogP contribution in [0.15, 0.2) is 52.3 Å². The third-order valence-electron chi connectivity index (χ3n) is 7.43. The molecule has 2 heterocycles. The molecule has 34 heavy (non-hydrogen) atoms. The second-order valence-electron chi connectivity index (χ2n) is 9.91. The van der Waals surface area contributed by atoms with Crippen molar-refractivity contribution < 1.29 is 13.5 Å². The Morgan fingerprint density at radius 2 is 1.53 bits per heavy atom. The van der Waals surface area contributed by atoms with Crippen molar-refractivity contribution in [2.75, 3.05) is 10.6 Å². The van der Waals surface area contributed by atoms with E-state index in [-0.39, 0.29) is 28.1 Å². The number of benzene rings is 1. The van der Waals surface area contributed by atoms with Crippen molar-refractivity contribution in [1.29, 1.82) is 0 Å². The zero-order chi connectivity index (χ0) is 23.5. The maximum Gasteiger partial charge on any atom is 0.206 e. The molecule has 2 saturated carbocycles. The summed E-state index contributed by atoms with van der Waals surface area (Å²) in [6.45, 7) is 0. The summed E-state index contributed by atoms with van der Waals surface area (Å²) in [6, 6.07) is 12.3. The van der Waals surface area contributed by atoms with Crippen LogP contribution in [-0.2, 0) is 9.84 Å². The minimum absolute atomic E-state index is 0.0227. The van der Waals surface area contributed by atoms with Gasteiger partial charge in [0.1, 0.15) is 11.6 Å². The molecule has 2 aromatic rings. The summed E-state index contributed by atoms with van der Waals surface area (Å²) < 4.78 is 26.8. The summed E-state index contributed by atoms with van der Waals surface area (Å²) in [5, 5.41) is 16.7. The predicted molar refractivity (Wildman–Crippen MR) is 132 cm³/mol. The number of anilines is 2. The Morgan fingerprint density at radius 3 is 2.24 bits per heavy atom. The minimum Gasteiger partial charge on any atom is -0.393 e. The van der Waals surface area contributed by atoms with Gasteiger partial charge in [-0.25, -0.2) is 18.8 Å². The molecule has 8 nitrogen and oxygen atoms in total. The minimum atomic E-state index is -3.69. The van der Waals surface area contributed by atoms with Gasteiger partial charge in [-0.2, -0.15) is 0 Å². The zero-order valence-corrected chi connectivity index (χ0v) is 20.2. The number of hydrogen-bond acceptors (Lipinski definition) is 8. The molecule has 2 unspecified atom stereocenters. The normalized spacial score (nSPS) is 28.1. The molecule has 3 fully saturated rings. The van der Waals surface area contributed by atoms with Crippen LogP contribution in [0.5, 0.6) is 0 Å². The van der Waals surface area contributed by atoms with Crippen LogP contribution in [0.4, 0.5) is 11.6 Å². The molecule has 5 N–H and O–H groups in total. The largest absolute Gasteiger partial charge is 0.393 e. The average molecular weight is 486 g/mol. The van der Waals surface area contributed by atoms with Gasteiger partial charge in [0.25, 0.3) is 0 Å². The van der Waals surface area contributed by atoms with Gasteiger partial charge in [0.05, 0.1) is 22.1 Å². The topological polar surface area (TPSA) is 115 Å². The van der Waals surface area contributed by atoms with Crippen molar-refractivity contribution in [3.8, 4) is 0 Å². The van der Waals surface area contributed by atoms with E-state index < -0.39 is 9.84 Å². The standard InChI is InChI=1S/C25H35N5O3S/c31-19-12-10-18(11-13-19)26-23-14-21(34(32,33)20-8-2-1-3-9-20)15-24(27-23)28-25-16-22(29-30-25)17-6-4-5-7-17/h1-3,8-9,14-15,17-19,22,25,29-31H,4-7,10-13,16H2,(H2,26,27,28). The maximum absolute atomic E-state index is 13.4. The zero-order valence-electron chi connectivity index (χ0n) is 19.4. The van der Waals surface area contributed by atoms with Gasteiger partial charge in [-0.3, -0.25) is 5.43 Å². The van der Waals surface area contributed by atoms with Gasteiger partial charge < -0.3 is 15.7 Å². The Balaban J connectivity index is 1.38. The molecule has 3 aliphatic rings. The summed E-state index contributed by atoms with van der Waals surface area (Å²) in [6.07, 6.45) is 8.92. The number of nitrogens with one attached hydrogen (secondary N) is 4. The number of aromatic nitrogens is 1. The lowest BCUT2D eigenvalue weighted by Gasteiger charge is -2.27. The lowest BCUT2D eigenvalue weighted by atomic mass is 9.93. The molecule has 1 saturated heterocycles. The van der Waals surface area contributed by atoms with Gasteiger partial charge in [-0.05, 0) is 75.1 Å². The van der Waals surface area contributed by atoms with Gasteiger partial charge in [-0.15, -0.1) is 0 Å². The third-order valence-corrected chi connectivity index (χ3v) is 9.18. The Morgan fingerprint density at radius 1 is 0.853 bits per heavy atom. The third kappa shape index (κ3) is 5.38. The first-order valence-electron chi connectivity index (χ1n) is 12.5. The molecule has 0 bridgehead atoms. The smallest absolute Gasteiger partial charge is 0.206 e. The van der Waals surface area contributed by atoms with Crippen LogP contribution in [-0.4, -0.2) is 42.9 Å². The van der Waals surface area contributed by atoms with Crippen molar-refractivity contribution in [2.24, 2.45) is 5.92 Å². The van der Waals surface area contributed by atoms with Crippen molar-refractivity contribution in [2.45, 2.75) is 91.9 Å². The van der Waals surface area contributed by atoms with Gasteiger partial charge in [-0.1, -0.05) is 31.0 Å². The van der Waals surface area contributed by atoms with Gasteiger partial charge in [0.15, 0.2) is 0 Å². The Hall–Kier alpha value is -2.20. The predicted octanol–water partition coefficient (Wildman–Crippen LogP) is 3.42. The monoisotopic (exact) mass is 485 g/mol. The van der Waals surface area contributed by atoms with E-state index in [1.807, 2.05) is 6.07 Å². The number of rotatable bonds is 7. The Kier molecular flexibility index (Phi) is 7.06. The molecule has 9 heteroatoms. The van der Waals surface area contributed by atoms with E-state index in [2.05, 4.69) is 21.5 Å². The van der Waals surface area contributed by atoms with Gasteiger partial charge in [0, 0.05) is 12.1 Å². The second kappa shape index (κ2) is 10.2. The molecular weight excluding hydrogens is 450 g/mol. The number of nitrogens with zero attached hydrogens (tertiary/aromatic N) is 1. The summed E-state index contributed by atoms with van der Waals surface area (Å²) in [7, 11) is -3.69. The molecule has 0 amide bonds. The maximum atomic E-state index is 13.4. The summed E-state index contributed by atoms with van der Waals surface area (Å²) in [5.41, 5.74) is 6.76. The van der Waals surface area contributed by atoms with Crippen LogP contribution >= 0.6 is 0 Å². The molecule has 2 aliphatic carbocycles. The van der Waals surface area contributed by atoms with Crippen LogP contribution in [0.1, 0.15) is 57.8 Å². The van der Waals surface area contributed by atoms with Crippen molar-refractivity contribution in [1.82, 2.24) is 15.8 Å². The van der Waals surface area contributed by atoms with Crippen LogP contribution in [0.3, 0.4) is 0 Å². The molecule has 1 aliphatic heterocycles. The van der Waals surface area contributed by atoms with E-state index in [0.29, 0.717) is 23.6 Å². The molecule has 184 valence electrons. The summed E-state index contributed by atoms with van der Waals surface area (Å²) >= 11 is 0. The van der Waals surface area contributed by atoms with Crippen LogP contribution < -0.4 is 21.5 Å². The van der Waals surface area contributed by atoms with Gasteiger partial charge in [0.2, 0.25) is 9.84 Å². The lowest BCUT2D eigenvalue weighted by Crippen LogP contribution is -2.38. The van der Waals surface area contributed by atoms with Crippen LogP contribution in [0, 0.1) is 5.92 Å². The summed E-state index contributed by atoms with van der Waals surface area (Å²) in [5.74, 6) is 1.76. The quantitative estimate of drug-likeness (QED) is 0.405. The fourth-order valence-corrected chi connectivity index (χ4v) is 6.82. The number of aliphatic hydroxyl groups excluding tert-OH is 1. The molecule has 0 radical (unpaired) electrons. The lowest BCUT2D eigenvalue weighted by molar-refractivity contribution is 0.126. The number of sulfone groups is 1. The molecule has 2 atom stereocenters. The number of hydrazine groups is 1. The highest BCUT2D eigenvalue weighted by Crippen LogP contribution is 2.32. The number of aliphatic hydroxyl groups is 1. The first-order valence-corrected chi connectivity index (χ1v) is 14.0. The number of hydrogen-bond donors (Lipinski definition) is 5. The summed E-state index contributed by atoms with van der Waals surface area (Å²) in [4.78, 5) is 5.20. The van der Waals surface area contributed by atoms with E-state index in [1.165, 1.54) is 25.7 Å². The van der Waals surface area contributed by atoms with Crippen molar-refractivity contribution in [3.63, 3.8) is 0 Å². The van der Waals surface area contributed by atoms with E-state index in [0.717, 1.165) is 32.1 Å². The number of pyridine rings is 1. The highest BCUT2D eigenvalue weighted by molar-refractivity contribution is 7.91. The molecular formula is C25H35N5O3S. The van der Waals surface area contributed by atoms with Crippen molar-refractivity contribution in [3.05, 3.63) is 42.5 Å². The molecule has 1 aromatic carbocycles. The van der Waals surface area contributed by atoms with Crippen LogP contribution in [0.25, 0.3) is 0 Å². The van der Waals surface area contributed by atoms with Crippen LogP contribution in [0.2, 0.25) is 0 Å². The Bertz CT molecular complexity index is 1070. The second-order valence-corrected chi connectivity index (χ2v) is 11.9. The Labute approximate surface area is 201 Å². The average Bonchev–Trinajstić information content (AvgIpc) is 3.53. The first kappa shape index (κ1) is 23.5. The molecule has 0 spiro atoms. The first-order chi connectivity index (χ1) is 16.5. The van der Waals surface area contributed by atoms with Crippen molar-refractivity contribution >= 4 is 21.5 Å². The highest BCUT2D eigenvalue weighted by Gasteiger charge is 2.32. The molecule has 5 rings (SSSR count). The SMILES string of the molecule is O=S(=O)(c1ccccc1)c1cc(NC2CCC(O)CC2)nc(NC2CC(C3CCCC3)NN2)c1. The molecule has 1 aromatic heterocycles. The highest BCUT2D eigenvalue weighted by atomic mass is 32.2. The van der Waals surface area contributed by atoms with Gasteiger partial charge >= 0.3 is 0 Å². The van der Waals surface area contributed by atoms with E-state index in [1.54, 1.807) is 36.4 Å². The van der Waals surface area contributed by atoms with E-state index in [4.69, 9.17) is 4.98 Å². The fourth-order valence-electron chi connectivity index (χ4n) is 5.50. The van der Waals surface area contributed by atoms with E-state index >= 15 is 0 Å². The fraction of sp³-hybridized carbons (Fsp3) is 0.560. The van der Waals surface area contributed by atoms with E-state index in [9.17, 15) is 13.5 Å².